The van der Waals surface area contributed by atoms with Gasteiger partial charge in [-0.15, -0.1) is 11.3 Å². The van der Waals surface area contributed by atoms with Crippen molar-refractivity contribution < 1.29 is 9.53 Å². The molecule has 0 spiro atoms. The van der Waals surface area contributed by atoms with Crippen LogP contribution < -0.4 is 10.3 Å². The Morgan fingerprint density at radius 2 is 1.89 bits per heavy atom. The maximum atomic E-state index is 13.2. The minimum Gasteiger partial charge on any atom is -0.497 e. The minimum atomic E-state index is -0.258. The van der Waals surface area contributed by atoms with Gasteiger partial charge >= 0.3 is 0 Å². The maximum absolute atomic E-state index is 13.2. The van der Waals surface area contributed by atoms with Crippen molar-refractivity contribution >= 4 is 40.0 Å². The van der Waals surface area contributed by atoms with Gasteiger partial charge in [0.15, 0.2) is 16.3 Å². The standard InChI is InChI=1S/C27H23N5O3S2/c1-35-21-9-5-8-19(14-21)22-17-36-23(30-22)15-20(33)16-37-27-31-25-24(28-11-12-29-25)26(34)32(27)13-10-18-6-3-2-4-7-18/h2-9,11-12,14,17H,10,13,15-16H2,1H3. The number of nitrogens with zero attached hydrogens (tertiary/aromatic N) is 5. The lowest BCUT2D eigenvalue weighted by Crippen LogP contribution is -2.25. The van der Waals surface area contributed by atoms with Gasteiger partial charge in [0.1, 0.15) is 16.5 Å². The lowest BCUT2D eigenvalue weighted by Gasteiger charge is -2.12. The number of carbonyl (C=O) groups is 1. The van der Waals surface area contributed by atoms with Crippen molar-refractivity contribution in [3.05, 3.63) is 93.3 Å². The molecular weight excluding hydrogens is 506 g/mol. The number of rotatable bonds is 10. The van der Waals surface area contributed by atoms with Crippen molar-refractivity contribution in [1.29, 1.82) is 0 Å². The Morgan fingerprint density at radius 3 is 2.73 bits per heavy atom. The number of thiazole rings is 1. The monoisotopic (exact) mass is 529 g/mol. The highest BCUT2D eigenvalue weighted by Gasteiger charge is 2.16. The fourth-order valence-electron chi connectivity index (χ4n) is 3.79. The Balaban J connectivity index is 1.31. The van der Waals surface area contributed by atoms with E-state index < -0.39 is 0 Å². The van der Waals surface area contributed by atoms with E-state index in [1.807, 2.05) is 60.0 Å². The molecule has 2 aromatic carbocycles. The van der Waals surface area contributed by atoms with Crippen molar-refractivity contribution in [1.82, 2.24) is 24.5 Å². The van der Waals surface area contributed by atoms with Gasteiger partial charge in [-0.25, -0.2) is 19.9 Å². The Labute approximate surface area is 221 Å². The molecule has 0 aliphatic rings. The van der Waals surface area contributed by atoms with E-state index in [0.29, 0.717) is 18.1 Å². The van der Waals surface area contributed by atoms with Gasteiger partial charge < -0.3 is 4.74 Å². The summed E-state index contributed by atoms with van der Waals surface area (Å²) in [6.45, 7) is 0.426. The summed E-state index contributed by atoms with van der Waals surface area (Å²) in [5.74, 6) is 0.919. The average molecular weight is 530 g/mol. The summed E-state index contributed by atoms with van der Waals surface area (Å²) in [5, 5.41) is 3.13. The number of aryl methyl sites for hydroxylation is 1. The van der Waals surface area contributed by atoms with E-state index in [0.717, 1.165) is 27.6 Å². The van der Waals surface area contributed by atoms with Crippen LogP contribution >= 0.6 is 23.1 Å². The fourth-order valence-corrected chi connectivity index (χ4v) is 5.50. The molecule has 5 rings (SSSR count). The highest BCUT2D eigenvalue weighted by molar-refractivity contribution is 7.99. The van der Waals surface area contributed by atoms with Crippen LogP contribution in [0.4, 0.5) is 0 Å². The van der Waals surface area contributed by atoms with Crippen LogP contribution in [0.15, 0.2) is 82.3 Å². The molecule has 0 atom stereocenters. The number of ketones is 1. The van der Waals surface area contributed by atoms with Crippen molar-refractivity contribution in [2.24, 2.45) is 0 Å². The zero-order chi connectivity index (χ0) is 25.6. The molecule has 0 radical (unpaired) electrons. The highest BCUT2D eigenvalue weighted by atomic mass is 32.2. The Morgan fingerprint density at radius 1 is 1.05 bits per heavy atom. The van der Waals surface area contributed by atoms with Crippen LogP contribution in [0.2, 0.25) is 0 Å². The van der Waals surface area contributed by atoms with Gasteiger partial charge in [0, 0.05) is 29.9 Å². The first kappa shape index (κ1) is 24.8. The van der Waals surface area contributed by atoms with Crippen molar-refractivity contribution in [2.45, 2.75) is 24.5 Å². The lowest BCUT2D eigenvalue weighted by molar-refractivity contribution is -0.116. The Kier molecular flexibility index (Phi) is 7.67. The van der Waals surface area contributed by atoms with Crippen LogP contribution in [-0.2, 0) is 24.2 Å². The van der Waals surface area contributed by atoms with Gasteiger partial charge in [0.05, 0.1) is 25.0 Å². The number of hydrogen-bond acceptors (Lipinski definition) is 9. The average Bonchev–Trinajstić information content (AvgIpc) is 3.40. The van der Waals surface area contributed by atoms with Crippen molar-refractivity contribution in [3.8, 4) is 17.0 Å². The molecule has 10 heteroatoms. The number of hydrogen-bond donors (Lipinski definition) is 0. The van der Waals surface area contributed by atoms with E-state index in [2.05, 4.69) is 19.9 Å². The van der Waals surface area contributed by atoms with E-state index in [9.17, 15) is 9.59 Å². The summed E-state index contributed by atoms with van der Waals surface area (Å²) in [7, 11) is 1.63. The number of aromatic nitrogens is 5. The zero-order valence-electron chi connectivity index (χ0n) is 20.0. The fraction of sp³-hybridized carbons (Fsp3) is 0.185. The molecule has 8 nitrogen and oxygen atoms in total. The zero-order valence-corrected chi connectivity index (χ0v) is 21.7. The van der Waals surface area contributed by atoms with Crippen LogP contribution in [0.25, 0.3) is 22.4 Å². The van der Waals surface area contributed by atoms with Gasteiger partial charge in [0.25, 0.3) is 5.56 Å². The summed E-state index contributed by atoms with van der Waals surface area (Å²) in [6, 6.07) is 17.6. The number of benzene rings is 2. The van der Waals surface area contributed by atoms with Gasteiger partial charge in [-0.3, -0.25) is 14.2 Å². The minimum absolute atomic E-state index is 0.000330. The van der Waals surface area contributed by atoms with Gasteiger partial charge in [-0.1, -0.05) is 54.2 Å². The summed E-state index contributed by atoms with van der Waals surface area (Å²) >= 11 is 2.69. The molecule has 0 amide bonds. The highest BCUT2D eigenvalue weighted by Crippen LogP contribution is 2.26. The molecule has 0 N–H and O–H groups in total. The summed E-state index contributed by atoms with van der Waals surface area (Å²) < 4.78 is 6.88. The molecule has 5 aromatic rings. The first-order valence-electron chi connectivity index (χ1n) is 11.6. The molecule has 3 heterocycles. The molecule has 37 heavy (non-hydrogen) atoms. The Bertz CT molecular complexity index is 1600. The van der Waals surface area contributed by atoms with E-state index in [4.69, 9.17) is 4.74 Å². The Hall–Kier alpha value is -3.89. The summed E-state index contributed by atoms with van der Waals surface area (Å²) in [6.07, 6.45) is 3.85. The predicted molar refractivity (Wildman–Crippen MR) is 145 cm³/mol. The normalized spacial score (nSPS) is 11.1. The topological polar surface area (TPSA) is 99.9 Å². The number of carbonyl (C=O) groups excluding carboxylic acids is 1. The van der Waals surface area contributed by atoms with Gasteiger partial charge in [0.2, 0.25) is 0 Å². The second-order valence-electron chi connectivity index (χ2n) is 8.18. The third-order valence-electron chi connectivity index (χ3n) is 5.65. The number of Topliss-reactive ketones (excluding diaryl/α,β-unsaturated/α-hetero) is 1. The molecule has 0 fully saturated rings. The second-order valence-corrected chi connectivity index (χ2v) is 10.1. The quantitative estimate of drug-likeness (QED) is 0.193. The molecule has 3 aromatic heterocycles. The summed E-state index contributed by atoms with van der Waals surface area (Å²) in [5.41, 5.74) is 3.10. The molecule has 0 saturated heterocycles. The first-order chi connectivity index (χ1) is 18.1. The summed E-state index contributed by atoms with van der Waals surface area (Å²) in [4.78, 5) is 43.6. The molecule has 0 saturated carbocycles. The maximum Gasteiger partial charge on any atom is 0.282 e. The number of ether oxygens (including phenoxy) is 1. The van der Waals surface area contributed by atoms with E-state index in [1.165, 1.54) is 35.5 Å². The lowest BCUT2D eigenvalue weighted by atomic mass is 10.1. The van der Waals surface area contributed by atoms with Crippen LogP contribution in [0, 0.1) is 0 Å². The molecular formula is C27H23N5O3S2. The number of thioether (sulfide) groups is 1. The molecule has 0 unspecified atom stereocenters. The third kappa shape index (κ3) is 5.92. The van der Waals surface area contributed by atoms with Crippen LogP contribution in [0.5, 0.6) is 5.75 Å². The smallest absolute Gasteiger partial charge is 0.282 e. The van der Waals surface area contributed by atoms with Crippen molar-refractivity contribution in [2.75, 3.05) is 12.9 Å². The predicted octanol–water partition coefficient (Wildman–Crippen LogP) is 4.47. The van der Waals surface area contributed by atoms with Crippen LogP contribution in [0.3, 0.4) is 0 Å². The SMILES string of the molecule is COc1cccc(-c2csc(CC(=O)CSc3nc4nccnc4c(=O)n3CCc3ccccc3)n2)c1. The van der Waals surface area contributed by atoms with Crippen LogP contribution in [0.1, 0.15) is 10.6 Å². The van der Waals surface area contributed by atoms with Crippen LogP contribution in [-0.4, -0.2) is 43.1 Å². The third-order valence-corrected chi connectivity index (χ3v) is 7.54. The van der Waals surface area contributed by atoms with Crippen molar-refractivity contribution in [3.63, 3.8) is 0 Å². The van der Waals surface area contributed by atoms with E-state index >= 15 is 0 Å². The largest absolute Gasteiger partial charge is 0.497 e. The molecule has 0 aliphatic heterocycles. The van der Waals surface area contributed by atoms with E-state index in [1.54, 1.807) is 11.7 Å². The van der Waals surface area contributed by atoms with E-state index in [-0.39, 0.29) is 34.7 Å². The molecule has 186 valence electrons. The molecule has 0 bridgehead atoms. The second kappa shape index (κ2) is 11.4. The number of methoxy groups -OCH3 is 1. The van der Waals surface area contributed by atoms with Gasteiger partial charge in [-0.05, 0) is 24.1 Å². The molecule has 0 aliphatic carbocycles. The van der Waals surface area contributed by atoms with Gasteiger partial charge in [-0.2, -0.15) is 0 Å². The number of fused-ring (bicyclic) bond motifs is 1. The first-order valence-corrected chi connectivity index (χ1v) is 13.5.